The Labute approximate surface area is 149 Å². The van der Waals surface area contributed by atoms with Gasteiger partial charge in [-0.1, -0.05) is 17.3 Å². The highest BCUT2D eigenvalue weighted by atomic mass is 16.6. The Bertz CT molecular complexity index is 866. The van der Waals surface area contributed by atoms with Crippen molar-refractivity contribution in [1.82, 2.24) is 15.1 Å². The van der Waals surface area contributed by atoms with Crippen LogP contribution in [0, 0.1) is 0 Å². The molecule has 0 amide bonds. The molecule has 0 aliphatic carbocycles. The summed E-state index contributed by atoms with van der Waals surface area (Å²) in [6, 6.07) is 10.5. The summed E-state index contributed by atoms with van der Waals surface area (Å²) in [4.78, 5) is 20.7. The largest absolute Gasteiger partial charge is 0.449 e. The van der Waals surface area contributed by atoms with Gasteiger partial charge >= 0.3 is 5.97 Å². The van der Waals surface area contributed by atoms with Crippen molar-refractivity contribution in [3.63, 3.8) is 0 Å². The van der Waals surface area contributed by atoms with E-state index < -0.39 is 12.1 Å². The lowest BCUT2D eigenvalue weighted by Gasteiger charge is -2.13. The summed E-state index contributed by atoms with van der Waals surface area (Å²) in [5.41, 5.74) is 1.65. The minimum Gasteiger partial charge on any atom is -0.449 e. The maximum Gasteiger partial charge on any atom is 0.341 e. The van der Waals surface area contributed by atoms with Crippen LogP contribution in [0.1, 0.15) is 29.3 Å². The number of rotatable bonds is 7. The van der Waals surface area contributed by atoms with Gasteiger partial charge in [0.1, 0.15) is 0 Å². The van der Waals surface area contributed by atoms with Gasteiger partial charge in [0.05, 0.1) is 12.2 Å². The van der Waals surface area contributed by atoms with Crippen molar-refractivity contribution >= 4 is 11.7 Å². The maximum absolute atomic E-state index is 12.5. The lowest BCUT2D eigenvalue weighted by molar-refractivity contribution is 0.0266. The Balaban J connectivity index is 1.71. The first-order valence-corrected chi connectivity index (χ1v) is 8.08. The average Bonchev–Trinajstić information content (AvgIpc) is 3.17. The van der Waals surface area contributed by atoms with Gasteiger partial charge in [0.2, 0.25) is 5.82 Å². The van der Waals surface area contributed by atoms with Crippen LogP contribution in [0.4, 0.5) is 5.69 Å². The van der Waals surface area contributed by atoms with E-state index in [1.807, 2.05) is 0 Å². The van der Waals surface area contributed by atoms with E-state index in [2.05, 4.69) is 20.4 Å². The summed E-state index contributed by atoms with van der Waals surface area (Å²) in [5, 5.41) is 15.8. The van der Waals surface area contributed by atoms with E-state index in [-0.39, 0.29) is 12.5 Å². The van der Waals surface area contributed by atoms with Crippen molar-refractivity contribution in [2.45, 2.75) is 13.0 Å². The fourth-order valence-electron chi connectivity index (χ4n) is 2.29. The second kappa shape index (κ2) is 8.21. The van der Waals surface area contributed by atoms with Crippen molar-refractivity contribution in [2.24, 2.45) is 0 Å². The number of aliphatic hydroxyl groups excluding tert-OH is 1. The number of esters is 1. The van der Waals surface area contributed by atoms with Gasteiger partial charge in [0.25, 0.3) is 5.89 Å². The van der Waals surface area contributed by atoms with Crippen LogP contribution in [0.3, 0.4) is 0 Å². The van der Waals surface area contributed by atoms with E-state index in [0.717, 1.165) is 0 Å². The normalized spacial score (nSPS) is 11.8. The second-order valence-corrected chi connectivity index (χ2v) is 5.44. The molecule has 1 atom stereocenters. The number of benzene rings is 1. The number of aromatic nitrogens is 3. The van der Waals surface area contributed by atoms with E-state index in [9.17, 15) is 4.79 Å². The highest BCUT2D eigenvalue weighted by Gasteiger charge is 2.21. The molecule has 1 unspecified atom stereocenters. The quantitative estimate of drug-likeness (QED) is 0.623. The number of carbonyl (C=O) groups is 1. The van der Waals surface area contributed by atoms with Crippen molar-refractivity contribution in [2.75, 3.05) is 18.5 Å². The predicted molar refractivity (Wildman–Crippen MR) is 93.4 cm³/mol. The Morgan fingerprint density at radius 2 is 2.15 bits per heavy atom. The molecule has 3 aromatic rings. The summed E-state index contributed by atoms with van der Waals surface area (Å²) in [7, 11) is 0. The molecular weight excluding hydrogens is 336 g/mol. The zero-order valence-electron chi connectivity index (χ0n) is 14.1. The number of para-hydroxylation sites is 1. The third-order valence-corrected chi connectivity index (χ3v) is 3.57. The molecule has 26 heavy (non-hydrogen) atoms. The summed E-state index contributed by atoms with van der Waals surface area (Å²) >= 11 is 0. The average molecular weight is 354 g/mol. The summed E-state index contributed by atoms with van der Waals surface area (Å²) < 4.78 is 10.6. The van der Waals surface area contributed by atoms with Crippen LogP contribution in [-0.4, -0.2) is 39.4 Å². The van der Waals surface area contributed by atoms with Gasteiger partial charge < -0.3 is 19.7 Å². The van der Waals surface area contributed by atoms with Gasteiger partial charge in [-0.25, -0.2) is 4.79 Å². The second-order valence-electron chi connectivity index (χ2n) is 5.44. The third kappa shape index (κ3) is 4.04. The number of pyridine rings is 1. The Morgan fingerprint density at radius 3 is 2.92 bits per heavy atom. The first-order chi connectivity index (χ1) is 12.7. The zero-order chi connectivity index (χ0) is 18.4. The lowest BCUT2D eigenvalue weighted by atomic mass is 10.2. The molecule has 3 rings (SSSR count). The van der Waals surface area contributed by atoms with Crippen LogP contribution in [-0.2, 0) is 4.74 Å². The van der Waals surface area contributed by atoms with E-state index in [4.69, 9.17) is 14.4 Å². The van der Waals surface area contributed by atoms with E-state index in [1.165, 1.54) is 0 Å². The molecule has 134 valence electrons. The number of nitrogens with one attached hydrogen (secondary N) is 1. The molecule has 1 aromatic carbocycles. The molecule has 8 heteroatoms. The standard InChI is InChI=1S/C18H18N4O4/c1-12(17-21-16(22-26-17)13-5-4-8-19-11-13)25-18(24)14-6-2-3-7-15(14)20-9-10-23/h2-8,11-12,20,23H,9-10H2,1H3. The van der Waals surface area contributed by atoms with Gasteiger partial charge in [-0.05, 0) is 31.2 Å². The number of ether oxygens (including phenoxy) is 1. The number of hydrogen-bond acceptors (Lipinski definition) is 8. The molecule has 0 bridgehead atoms. The minimum absolute atomic E-state index is 0.0428. The monoisotopic (exact) mass is 354 g/mol. The van der Waals surface area contributed by atoms with Crippen LogP contribution in [0.25, 0.3) is 11.4 Å². The fraction of sp³-hybridized carbons (Fsp3) is 0.222. The van der Waals surface area contributed by atoms with Crippen LogP contribution >= 0.6 is 0 Å². The van der Waals surface area contributed by atoms with Crippen LogP contribution in [0.15, 0.2) is 53.3 Å². The number of aliphatic hydroxyl groups is 1. The Morgan fingerprint density at radius 1 is 1.31 bits per heavy atom. The van der Waals surface area contributed by atoms with Gasteiger partial charge in [0.15, 0.2) is 6.10 Å². The summed E-state index contributed by atoms with van der Waals surface area (Å²) in [6.07, 6.45) is 2.55. The van der Waals surface area contributed by atoms with Crippen LogP contribution < -0.4 is 5.32 Å². The third-order valence-electron chi connectivity index (χ3n) is 3.57. The molecule has 0 aliphatic rings. The molecule has 0 fully saturated rings. The molecule has 0 radical (unpaired) electrons. The Hall–Kier alpha value is -3.26. The van der Waals surface area contributed by atoms with E-state index in [1.54, 1.807) is 55.7 Å². The highest BCUT2D eigenvalue weighted by Crippen LogP contribution is 2.23. The number of carbonyl (C=O) groups excluding carboxylic acids is 1. The predicted octanol–water partition coefficient (Wildman–Crippen LogP) is 2.45. The van der Waals surface area contributed by atoms with Crippen LogP contribution in [0.5, 0.6) is 0 Å². The van der Waals surface area contributed by atoms with Crippen molar-refractivity contribution < 1.29 is 19.2 Å². The van der Waals surface area contributed by atoms with E-state index in [0.29, 0.717) is 29.2 Å². The van der Waals surface area contributed by atoms with Crippen molar-refractivity contribution in [3.8, 4) is 11.4 Å². The van der Waals surface area contributed by atoms with Crippen molar-refractivity contribution in [3.05, 3.63) is 60.2 Å². The summed E-state index contributed by atoms with van der Waals surface area (Å²) in [5.74, 6) is 0.0404. The molecule has 2 aromatic heterocycles. The smallest absolute Gasteiger partial charge is 0.341 e. The van der Waals surface area contributed by atoms with Gasteiger partial charge in [-0.15, -0.1) is 0 Å². The highest BCUT2D eigenvalue weighted by molar-refractivity contribution is 5.95. The fourth-order valence-corrected chi connectivity index (χ4v) is 2.29. The number of anilines is 1. The zero-order valence-corrected chi connectivity index (χ0v) is 14.1. The first-order valence-electron chi connectivity index (χ1n) is 8.08. The maximum atomic E-state index is 12.5. The molecule has 0 saturated heterocycles. The number of nitrogens with zero attached hydrogens (tertiary/aromatic N) is 3. The molecule has 0 saturated carbocycles. The first kappa shape index (κ1) is 17.6. The van der Waals surface area contributed by atoms with Gasteiger partial charge in [-0.2, -0.15) is 4.98 Å². The minimum atomic E-state index is -0.716. The molecule has 8 nitrogen and oxygen atoms in total. The SMILES string of the molecule is CC(OC(=O)c1ccccc1NCCO)c1nc(-c2cccnc2)no1. The lowest BCUT2D eigenvalue weighted by Crippen LogP contribution is -2.14. The van der Waals surface area contributed by atoms with Crippen LogP contribution in [0.2, 0.25) is 0 Å². The molecule has 2 heterocycles. The van der Waals surface area contributed by atoms with Crippen molar-refractivity contribution in [1.29, 1.82) is 0 Å². The molecule has 0 spiro atoms. The Kier molecular flexibility index (Phi) is 5.55. The number of hydrogen-bond donors (Lipinski definition) is 2. The van der Waals surface area contributed by atoms with Gasteiger partial charge in [0, 0.05) is 30.2 Å². The summed E-state index contributed by atoms with van der Waals surface area (Å²) in [6.45, 7) is 1.94. The topological polar surface area (TPSA) is 110 Å². The molecular formula is C18H18N4O4. The molecule has 2 N–H and O–H groups in total. The van der Waals surface area contributed by atoms with E-state index >= 15 is 0 Å². The van der Waals surface area contributed by atoms with Gasteiger partial charge in [-0.3, -0.25) is 4.98 Å². The molecule has 0 aliphatic heterocycles.